The predicted octanol–water partition coefficient (Wildman–Crippen LogP) is 6.85. The maximum absolute atomic E-state index is 14.8. The van der Waals surface area contributed by atoms with Gasteiger partial charge in [0, 0.05) is 30.7 Å². The first-order valence-electron chi connectivity index (χ1n) is 13.7. The molecule has 1 aliphatic heterocycles. The molecule has 3 aromatic carbocycles. The van der Waals surface area contributed by atoms with Crippen LogP contribution < -0.4 is 5.43 Å². The van der Waals surface area contributed by atoms with Crippen molar-refractivity contribution in [1.82, 2.24) is 9.47 Å². The van der Waals surface area contributed by atoms with Crippen LogP contribution >= 0.6 is 0 Å². The van der Waals surface area contributed by atoms with Gasteiger partial charge >= 0.3 is 18.2 Å². The first-order valence-corrected chi connectivity index (χ1v) is 13.7. The number of halogens is 3. The number of hydrogen-bond acceptors (Lipinski definition) is 5. The number of alkyl halides is 3. The van der Waals surface area contributed by atoms with E-state index in [9.17, 15) is 27.6 Å². The average molecular weight is 577 g/mol. The molecule has 0 unspecified atom stereocenters. The van der Waals surface area contributed by atoms with E-state index in [0.717, 1.165) is 16.7 Å². The number of esters is 1. The Kier molecular flexibility index (Phi) is 7.00. The highest BCUT2D eigenvalue weighted by Gasteiger charge is 2.40. The molecule has 1 aromatic heterocycles. The second-order valence-electron chi connectivity index (χ2n) is 10.5. The van der Waals surface area contributed by atoms with Gasteiger partial charge in [0.2, 0.25) is 5.43 Å². The Morgan fingerprint density at radius 2 is 1.69 bits per heavy atom. The van der Waals surface area contributed by atoms with Crippen molar-refractivity contribution in [3.63, 3.8) is 0 Å². The fourth-order valence-corrected chi connectivity index (χ4v) is 5.47. The Morgan fingerprint density at radius 1 is 0.952 bits per heavy atom. The van der Waals surface area contributed by atoms with Gasteiger partial charge in [0.15, 0.2) is 0 Å². The van der Waals surface area contributed by atoms with Crippen molar-refractivity contribution in [3.8, 4) is 11.1 Å². The van der Waals surface area contributed by atoms with E-state index < -0.39 is 29.2 Å². The van der Waals surface area contributed by atoms with E-state index in [2.05, 4.69) is 0 Å². The summed E-state index contributed by atoms with van der Waals surface area (Å²) in [6.07, 6.45) is -2.83. The number of carbonyl (C=O) groups is 2. The molecule has 7 nitrogen and oxygen atoms in total. The number of pyridine rings is 1. The number of carbonyl (C=O) groups excluding carboxylic acids is 2. The second-order valence-corrected chi connectivity index (χ2v) is 10.5. The van der Waals surface area contributed by atoms with Crippen molar-refractivity contribution < 1.29 is 32.2 Å². The molecule has 6 rings (SSSR count). The van der Waals surface area contributed by atoms with Gasteiger partial charge in [-0.1, -0.05) is 48.5 Å². The number of hydrogen-bond donors (Lipinski definition) is 0. The van der Waals surface area contributed by atoms with Gasteiger partial charge in [-0.15, -0.1) is 0 Å². The van der Waals surface area contributed by atoms with Crippen molar-refractivity contribution in [1.29, 1.82) is 0 Å². The topological polar surface area (TPSA) is 77.8 Å². The maximum atomic E-state index is 14.8. The van der Waals surface area contributed by atoms with E-state index >= 15 is 0 Å². The minimum absolute atomic E-state index is 0.0347. The molecule has 0 bridgehead atoms. The van der Waals surface area contributed by atoms with Crippen LogP contribution in [0, 0.1) is 0 Å². The van der Waals surface area contributed by atoms with Gasteiger partial charge in [-0.25, -0.2) is 9.59 Å². The number of amides is 1. The van der Waals surface area contributed by atoms with Crippen LogP contribution in [0.1, 0.15) is 58.4 Å². The van der Waals surface area contributed by atoms with E-state index in [1.54, 1.807) is 25.1 Å². The summed E-state index contributed by atoms with van der Waals surface area (Å²) in [5.74, 6) is -0.859. The first-order chi connectivity index (χ1) is 20.2. The minimum Gasteiger partial charge on any atom is -0.462 e. The van der Waals surface area contributed by atoms with Crippen molar-refractivity contribution in [2.75, 3.05) is 6.61 Å². The Labute approximate surface area is 239 Å². The van der Waals surface area contributed by atoms with Gasteiger partial charge in [0.25, 0.3) is 0 Å². The molecule has 216 valence electrons. The first kappa shape index (κ1) is 27.6. The van der Waals surface area contributed by atoms with Crippen LogP contribution in [0.3, 0.4) is 0 Å². The molecule has 0 atom stereocenters. The van der Waals surface area contributed by atoms with Gasteiger partial charge in [0.1, 0.15) is 12.2 Å². The van der Waals surface area contributed by atoms with Gasteiger partial charge in [0.05, 0.1) is 17.7 Å². The molecule has 0 N–H and O–H groups in total. The third-order valence-electron chi connectivity index (χ3n) is 7.62. The van der Waals surface area contributed by atoms with E-state index in [-0.39, 0.29) is 54.4 Å². The minimum atomic E-state index is -4.80. The zero-order chi connectivity index (χ0) is 29.6. The summed E-state index contributed by atoms with van der Waals surface area (Å²) in [5.41, 5.74) is 0.356. The summed E-state index contributed by atoms with van der Waals surface area (Å²) in [5, 5.41) is -0.183. The zero-order valence-electron chi connectivity index (χ0n) is 22.7. The highest BCUT2D eigenvalue weighted by atomic mass is 19.4. The van der Waals surface area contributed by atoms with Gasteiger partial charge in [-0.05, 0) is 59.7 Å². The normalized spacial score (nSPS) is 14.6. The lowest BCUT2D eigenvalue weighted by Crippen LogP contribution is -2.25. The van der Waals surface area contributed by atoms with E-state index in [1.807, 2.05) is 30.3 Å². The standard InChI is InChI=1S/C32H27F3N2O5/c1-2-41-30(39)26-17-37(23-10-11-23)28-25(29(26)38)13-12-24(27(28)32(33,34)35)20-8-9-21-15-36(16-22(21)14-20)31(40)42-18-19-6-4-3-5-7-19/h3-9,12-14,17,23H,2,10-11,15-16,18H2,1H3. The van der Waals surface area contributed by atoms with E-state index in [1.165, 1.54) is 27.8 Å². The van der Waals surface area contributed by atoms with Crippen molar-refractivity contribution in [3.05, 3.63) is 105 Å². The number of fused-ring (bicyclic) bond motifs is 2. The average Bonchev–Trinajstić information content (AvgIpc) is 3.73. The number of ether oxygens (including phenoxy) is 2. The molecule has 1 amide bonds. The third kappa shape index (κ3) is 5.13. The molecule has 1 fully saturated rings. The Bertz CT molecular complexity index is 1760. The Hall–Kier alpha value is -4.60. The Balaban J connectivity index is 1.38. The highest BCUT2D eigenvalue weighted by molar-refractivity contribution is 5.97. The number of benzene rings is 3. The molecule has 1 saturated carbocycles. The molecule has 2 aliphatic rings. The molecule has 2 heterocycles. The van der Waals surface area contributed by atoms with Gasteiger partial charge in [-0.3, -0.25) is 9.69 Å². The molecule has 4 aromatic rings. The van der Waals surface area contributed by atoms with Crippen LogP contribution in [0.25, 0.3) is 22.0 Å². The Morgan fingerprint density at radius 3 is 2.38 bits per heavy atom. The third-order valence-corrected chi connectivity index (χ3v) is 7.62. The van der Waals surface area contributed by atoms with E-state index in [4.69, 9.17) is 9.47 Å². The van der Waals surface area contributed by atoms with Crippen LogP contribution in [-0.4, -0.2) is 28.1 Å². The fourth-order valence-electron chi connectivity index (χ4n) is 5.47. The summed E-state index contributed by atoms with van der Waals surface area (Å²) < 4.78 is 56.3. The molecule has 1 aliphatic carbocycles. The monoisotopic (exact) mass is 576 g/mol. The predicted molar refractivity (Wildman–Crippen MR) is 149 cm³/mol. The summed E-state index contributed by atoms with van der Waals surface area (Å²) in [6, 6.07) is 16.6. The summed E-state index contributed by atoms with van der Waals surface area (Å²) in [7, 11) is 0. The van der Waals surface area contributed by atoms with Crippen LogP contribution in [0.15, 0.2) is 71.7 Å². The van der Waals surface area contributed by atoms with Crippen LogP contribution in [0.2, 0.25) is 0 Å². The molecule has 0 spiro atoms. The molecular formula is C32H27F3N2O5. The molecule has 0 radical (unpaired) electrons. The number of aromatic nitrogens is 1. The number of nitrogens with zero attached hydrogens (tertiary/aromatic N) is 2. The van der Waals surface area contributed by atoms with Crippen molar-refractivity contribution in [2.45, 2.75) is 51.7 Å². The summed E-state index contributed by atoms with van der Waals surface area (Å²) in [6.45, 7) is 2.22. The van der Waals surface area contributed by atoms with Crippen LogP contribution in [0.5, 0.6) is 0 Å². The lowest BCUT2D eigenvalue weighted by Gasteiger charge is -2.21. The van der Waals surface area contributed by atoms with Crippen molar-refractivity contribution in [2.24, 2.45) is 0 Å². The SMILES string of the molecule is CCOC(=O)c1cn(C2CC2)c2c(C(F)(F)F)c(-c3ccc4c(c3)CN(C(=O)OCc3ccccc3)C4)ccc2c1=O. The lowest BCUT2D eigenvalue weighted by molar-refractivity contribution is -0.136. The summed E-state index contributed by atoms with van der Waals surface area (Å²) >= 11 is 0. The lowest BCUT2D eigenvalue weighted by atomic mass is 9.93. The van der Waals surface area contributed by atoms with Gasteiger partial charge < -0.3 is 14.0 Å². The van der Waals surface area contributed by atoms with Crippen LogP contribution in [0.4, 0.5) is 18.0 Å². The quantitative estimate of drug-likeness (QED) is 0.235. The zero-order valence-corrected chi connectivity index (χ0v) is 22.7. The van der Waals surface area contributed by atoms with Crippen LogP contribution in [-0.2, 0) is 35.3 Å². The fraction of sp³-hybridized carbons (Fsp3) is 0.281. The molecule has 0 saturated heterocycles. The molecular weight excluding hydrogens is 549 g/mol. The second kappa shape index (κ2) is 10.7. The molecule has 42 heavy (non-hydrogen) atoms. The maximum Gasteiger partial charge on any atom is 0.419 e. The smallest absolute Gasteiger partial charge is 0.419 e. The molecule has 10 heteroatoms. The van der Waals surface area contributed by atoms with Gasteiger partial charge in [-0.2, -0.15) is 13.2 Å². The van der Waals surface area contributed by atoms with E-state index in [0.29, 0.717) is 18.4 Å². The summed E-state index contributed by atoms with van der Waals surface area (Å²) in [4.78, 5) is 39.9. The number of rotatable bonds is 6. The largest absolute Gasteiger partial charge is 0.462 e. The highest BCUT2D eigenvalue weighted by Crippen LogP contribution is 2.45. The van der Waals surface area contributed by atoms with Crippen molar-refractivity contribution >= 4 is 23.0 Å².